The van der Waals surface area contributed by atoms with Crippen LogP contribution in [0.4, 0.5) is 0 Å². The molecule has 1 aromatic heterocycles. The molecule has 1 heterocycles. The van der Waals surface area contributed by atoms with Crippen LogP contribution in [0, 0.1) is 0 Å². The maximum Gasteiger partial charge on any atom is 0.329 e. The van der Waals surface area contributed by atoms with Crippen LogP contribution in [-0.4, -0.2) is 68.1 Å². The number of benzene rings is 2. The molecule has 0 unspecified atom stereocenters. The number of nitrogens with one attached hydrogen (secondary N) is 4. The molecule has 1 aliphatic rings. The molecule has 0 saturated heterocycles. The van der Waals surface area contributed by atoms with Gasteiger partial charge in [0.2, 0.25) is 29.5 Å². The Kier molecular flexibility index (Phi) is 13.0. The summed E-state index contributed by atoms with van der Waals surface area (Å²) in [6.07, 6.45) is 5.22. The predicted molar refractivity (Wildman–Crippen MR) is 187 cm³/mol. The fraction of sp³-hybridized carbons (Fsp3) is 0.457. The van der Waals surface area contributed by atoms with E-state index in [9.17, 15) is 38.3 Å². The molecule has 8 N–H and O–H groups in total. The molecule has 0 spiro atoms. The molecule has 0 bridgehead atoms. The molecule has 2 aromatic carbocycles. The quantitative estimate of drug-likeness (QED) is 0.0857. The van der Waals surface area contributed by atoms with Crippen LogP contribution in [0.3, 0.4) is 0 Å². The average molecular weight is 711 g/mol. The van der Waals surface area contributed by atoms with Gasteiger partial charge in [-0.05, 0) is 48.4 Å². The molecule has 1 fully saturated rings. The van der Waals surface area contributed by atoms with Crippen molar-refractivity contribution in [1.29, 1.82) is 0 Å². The maximum absolute atomic E-state index is 13.9. The number of amides is 5. The van der Waals surface area contributed by atoms with E-state index in [-0.39, 0.29) is 19.3 Å². The van der Waals surface area contributed by atoms with E-state index < -0.39 is 67.3 Å². The van der Waals surface area contributed by atoms with Crippen molar-refractivity contribution in [2.75, 3.05) is 6.54 Å². The predicted octanol–water partition coefficient (Wildman–Crippen LogP) is 1.83. The van der Waals surface area contributed by atoms with Crippen LogP contribution in [-0.2, 0) is 54.6 Å². The standard InChI is InChI=1S/C35H47N6O8P/c1-23(42)38-28(19-24-12-14-25(15-13-24)22-50(47,48)49)33(45)40-35(16-6-3-7-17-35)34(46)39-29(20-31(36)43)32(44)37-18-8-9-26-21-41(2)30-11-5-4-10-27(26)30/h4-5,10-15,21,28-29H,3,6-9,16-20,22H2,1-2H3,(H2,36,43)(H,37,44)(H,38,42)(H,39,46)(H,40,45)(H2,47,48,49)/t28-,29-/m0/s1. The summed E-state index contributed by atoms with van der Waals surface area (Å²) in [4.78, 5) is 83.5. The molecule has 50 heavy (non-hydrogen) atoms. The van der Waals surface area contributed by atoms with Crippen molar-refractivity contribution in [3.8, 4) is 0 Å². The van der Waals surface area contributed by atoms with Gasteiger partial charge in [0.05, 0.1) is 12.6 Å². The number of hydrogen-bond acceptors (Lipinski definition) is 6. The van der Waals surface area contributed by atoms with Crippen LogP contribution in [0.25, 0.3) is 10.9 Å². The van der Waals surface area contributed by atoms with Crippen molar-refractivity contribution >= 4 is 48.0 Å². The van der Waals surface area contributed by atoms with Gasteiger partial charge in [-0.1, -0.05) is 61.7 Å². The molecule has 2 atom stereocenters. The van der Waals surface area contributed by atoms with E-state index >= 15 is 0 Å². The minimum Gasteiger partial charge on any atom is -0.370 e. The van der Waals surface area contributed by atoms with Crippen LogP contribution in [0.15, 0.2) is 54.7 Å². The first-order valence-electron chi connectivity index (χ1n) is 16.8. The fourth-order valence-corrected chi connectivity index (χ4v) is 7.23. The van der Waals surface area contributed by atoms with Crippen molar-refractivity contribution < 1.29 is 38.3 Å². The Morgan fingerprint density at radius 3 is 2.22 bits per heavy atom. The molecule has 14 nitrogen and oxygen atoms in total. The SMILES string of the molecule is CC(=O)N[C@@H](Cc1ccc(CP(=O)(O)O)cc1)C(=O)NC1(C(=O)N[C@@H](CC(N)=O)C(=O)NCCCc2cn(C)c3ccccc23)CCCCC1. The largest absolute Gasteiger partial charge is 0.370 e. The third-order valence-electron chi connectivity index (χ3n) is 8.98. The van der Waals surface area contributed by atoms with E-state index in [2.05, 4.69) is 38.1 Å². The zero-order valence-corrected chi connectivity index (χ0v) is 29.3. The number of aromatic nitrogens is 1. The first kappa shape index (κ1) is 38.3. The molecular weight excluding hydrogens is 663 g/mol. The second kappa shape index (κ2) is 16.9. The fourth-order valence-electron chi connectivity index (χ4n) is 6.54. The first-order valence-corrected chi connectivity index (χ1v) is 18.6. The minimum absolute atomic E-state index is 0.0464. The van der Waals surface area contributed by atoms with Gasteiger partial charge in [-0.15, -0.1) is 0 Å². The molecule has 4 rings (SSSR count). The normalized spacial score (nSPS) is 15.4. The van der Waals surface area contributed by atoms with Gasteiger partial charge >= 0.3 is 7.60 Å². The van der Waals surface area contributed by atoms with Crippen molar-refractivity contribution in [3.63, 3.8) is 0 Å². The number of rotatable bonds is 16. The first-order chi connectivity index (χ1) is 23.7. The molecule has 1 saturated carbocycles. The molecule has 0 aliphatic heterocycles. The molecule has 1 aliphatic carbocycles. The summed E-state index contributed by atoms with van der Waals surface area (Å²) in [6.45, 7) is 1.56. The highest BCUT2D eigenvalue weighted by Gasteiger charge is 2.43. The molecule has 270 valence electrons. The molecule has 5 amide bonds. The van der Waals surface area contributed by atoms with Gasteiger partial charge in [0.15, 0.2) is 0 Å². The smallest absolute Gasteiger partial charge is 0.329 e. The lowest BCUT2D eigenvalue weighted by atomic mass is 9.80. The average Bonchev–Trinajstić information content (AvgIpc) is 3.37. The van der Waals surface area contributed by atoms with E-state index in [0.717, 1.165) is 22.9 Å². The van der Waals surface area contributed by atoms with Crippen molar-refractivity contribution in [2.45, 2.75) is 88.5 Å². The second-order valence-corrected chi connectivity index (χ2v) is 14.7. The van der Waals surface area contributed by atoms with E-state index in [4.69, 9.17) is 5.73 Å². The summed E-state index contributed by atoms with van der Waals surface area (Å²) in [5.41, 5.74) is 7.35. The highest BCUT2D eigenvalue weighted by molar-refractivity contribution is 7.50. The van der Waals surface area contributed by atoms with Gasteiger partial charge in [0.25, 0.3) is 0 Å². The van der Waals surface area contributed by atoms with Crippen molar-refractivity contribution in [3.05, 3.63) is 71.4 Å². The van der Waals surface area contributed by atoms with E-state index in [0.29, 0.717) is 43.4 Å². The molecule has 0 radical (unpaired) electrons. The van der Waals surface area contributed by atoms with Gasteiger partial charge in [-0.25, -0.2) is 0 Å². The highest BCUT2D eigenvalue weighted by Crippen LogP contribution is 2.39. The number of primary amides is 1. The Bertz CT molecular complexity index is 1750. The highest BCUT2D eigenvalue weighted by atomic mass is 31.2. The molecule has 3 aromatic rings. The van der Waals surface area contributed by atoms with Gasteiger partial charge in [0.1, 0.15) is 17.6 Å². The lowest BCUT2D eigenvalue weighted by molar-refractivity contribution is -0.139. The summed E-state index contributed by atoms with van der Waals surface area (Å²) < 4.78 is 13.4. The Morgan fingerprint density at radius 1 is 0.920 bits per heavy atom. The molecule has 15 heteroatoms. The van der Waals surface area contributed by atoms with Crippen molar-refractivity contribution in [1.82, 2.24) is 25.8 Å². The van der Waals surface area contributed by atoms with E-state index in [1.807, 2.05) is 25.2 Å². The number of hydrogen-bond donors (Lipinski definition) is 7. The molecular formula is C35H47N6O8P. The van der Waals surface area contributed by atoms with Gasteiger partial charge in [-0.2, -0.15) is 0 Å². The van der Waals surface area contributed by atoms with Crippen LogP contribution in [0.2, 0.25) is 0 Å². The zero-order valence-electron chi connectivity index (χ0n) is 28.4. The van der Waals surface area contributed by atoms with Crippen LogP contribution >= 0.6 is 7.60 Å². The number of fused-ring (bicyclic) bond motifs is 1. The third-order valence-corrected chi connectivity index (χ3v) is 9.76. The monoisotopic (exact) mass is 710 g/mol. The lowest BCUT2D eigenvalue weighted by Crippen LogP contribution is -2.65. The Labute approximate surface area is 291 Å². The van der Waals surface area contributed by atoms with Crippen molar-refractivity contribution in [2.24, 2.45) is 12.8 Å². The number of aryl methyl sites for hydroxylation is 2. The number of carbonyl (C=O) groups is 5. The summed E-state index contributed by atoms with van der Waals surface area (Å²) in [5, 5.41) is 12.1. The zero-order chi connectivity index (χ0) is 36.5. The Balaban J connectivity index is 1.42. The summed E-state index contributed by atoms with van der Waals surface area (Å²) >= 11 is 0. The maximum atomic E-state index is 13.9. The van der Waals surface area contributed by atoms with Crippen LogP contribution < -0.4 is 27.0 Å². The number of nitrogens with zero attached hydrogens (tertiary/aromatic N) is 1. The Hall–Kier alpha value is -4.52. The second-order valence-electron chi connectivity index (χ2n) is 13.1. The number of para-hydroxylation sites is 1. The van der Waals surface area contributed by atoms with E-state index in [1.165, 1.54) is 6.92 Å². The summed E-state index contributed by atoms with van der Waals surface area (Å²) in [7, 11) is -2.29. The number of carbonyl (C=O) groups excluding carboxylic acids is 5. The van der Waals surface area contributed by atoms with E-state index in [1.54, 1.807) is 24.3 Å². The number of nitrogens with two attached hydrogens (primary N) is 1. The Morgan fingerprint density at radius 2 is 1.58 bits per heavy atom. The minimum atomic E-state index is -4.26. The van der Waals surface area contributed by atoms with Crippen LogP contribution in [0.1, 0.15) is 68.6 Å². The lowest BCUT2D eigenvalue weighted by Gasteiger charge is -2.38. The third kappa shape index (κ3) is 10.7. The van der Waals surface area contributed by atoms with Gasteiger partial charge in [-0.3, -0.25) is 28.5 Å². The summed E-state index contributed by atoms with van der Waals surface area (Å²) in [5.74, 6) is -3.04. The van der Waals surface area contributed by atoms with Gasteiger partial charge < -0.3 is 41.4 Å². The van der Waals surface area contributed by atoms with Crippen LogP contribution in [0.5, 0.6) is 0 Å². The summed E-state index contributed by atoms with van der Waals surface area (Å²) in [6, 6.07) is 12.0. The topological polar surface area (TPSA) is 222 Å². The van der Waals surface area contributed by atoms with Gasteiger partial charge in [0, 0.05) is 44.0 Å².